The van der Waals surface area contributed by atoms with Crippen LogP contribution in [0.25, 0.3) is 0 Å². The first-order chi connectivity index (χ1) is 9.11. The molecule has 0 unspecified atom stereocenters. The highest BCUT2D eigenvalue weighted by atomic mass is 15.1. The maximum Gasteiger partial charge on any atom is 0.0478 e. The Hall–Kier alpha value is -1.80. The van der Waals surface area contributed by atoms with Crippen LogP contribution in [0.4, 0.5) is 0 Å². The standard InChI is InChI=1S/C17H20N2/c1-11-12(2)17(13(11)3)19-7-6-15-5-4-14(9-18)8-16(15)10-19/h4-5,8H,1-2,6-7,9-10,18H2,3H3. The Morgan fingerprint density at radius 3 is 2.68 bits per heavy atom. The van der Waals surface area contributed by atoms with Crippen molar-refractivity contribution >= 4 is 0 Å². The van der Waals surface area contributed by atoms with Crippen molar-refractivity contribution < 1.29 is 0 Å². The van der Waals surface area contributed by atoms with E-state index in [0.29, 0.717) is 6.54 Å². The summed E-state index contributed by atoms with van der Waals surface area (Å²) in [5.74, 6) is 0. The maximum atomic E-state index is 5.73. The fraction of sp³-hybridized carbons (Fsp3) is 0.294. The molecule has 19 heavy (non-hydrogen) atoms. The second-order valence-electron chi connectivity index (χ2n) is 5.41. The molecule has 0 radical (unpaired) electrons. The number of hydrogen-bond acceptors (Lipinski definition) is 2. The molecular formula is C17H20N2. The number of fused-ring (bicyclic) bond motifs is 1. The Morgan fingerprint density at radius 2 is 2.00 bits per heavy atom. The minimum atomic E-state index is 0.610. The summed E-state index contributed by atoms with van der Waals surface area (Å²) in [5.41, 5.74) is 14.6. The van der Waals surface area contributed by atoms with E-state index in [9.17, 15) is 0 Å². The predicted molar refractivity (Wildman–Crippen MR) is 79.4 cm³/mol. The molecule has 2 N–H and O–H groups in total. The van der Waals surface area contributed by atoms with Gasteiger partial charge in [-0.1, -0.05) is 31.4 Å². The minimum Gasteiger partial charge on any atom is -0.366 e. The number of allylic oxidation sites excluding steroid dienone is 2. The van der Waals surface area contributed by atoms with Crippen molar-refractivity contribution in [2.75, 3.05) is 6.54 Å². The van der Waals surface area contributed by atoms with Crippen molar-refractivity contribution in [1.29, 1.82) is 0 Å². The average Bonchev–Trinajstić information content (AvgIpc) is 2.46. The molecule has 1 aliphatic heterocycles. The molecule has 0 saturated heterocycles. The molecule has 2 heteroatoms. The molecule has 3 rings (SSSR count). The zero-order valence-electron chi connectivity index (χ0n) is 11.5. The molecule has 0 fully saturated rings. The number of rotatable bonds is 2. The molecule has 1 aromatic carbocycles. The molecule has 0 spiro atoms. The molecule has 2 aliphatic rings. The molecule has 0 bridgehead atoms. The van der Waals surface area contributed by atoms with Crippen molar-refractivity contribution in [2.45, 2.75) is 26.4 Å². The lowest BCUT2D eigenvalue weighted by molar-refractivity contribution is 0.321. The lowest BCUT2D eigenvalue weighted by Gasteiger charge is -2.40. The van der Waals surface area contributed by atoms with Crippen molar-refractivity contribution in [1.82, 2.24) is 4.90 Å². The van der Waals surface area contributed by atoms with Crippen LogP contribution in [0.3, 0.4) is 0 Å². The first-order valence-corrected chi connectivity index (χ1v) is 6.77. The van der Waals surface area contributed by atoms with Gasteiger partial charge in [0.1, 0.15) is 0 Å². The highest BCUT2D eigenvalue weighted by Gasteiger charge is 2.29. The molecule has 0 atom stereocenters. The molecule has 0 saturated carbocycles. The van der Waals surface area contributed by atoms with E-state index in [4.69, 9.17) is 5.73 Å². The van der Waals surface area contributed by atoms with Gasteiger partial charge in [-0.2, -0.15) is 0 Å². The molecule has 1 heterocycles. The SMILES string of the molecule is C=C1C(=C)C(N2CCc3ccc(CN)cc3C2)=C1C. The third kappa shape index (κ3) is 1.83. The second kappa shape index (κ2) is 4.39. The molecule has 0 aromatic heterocycles. The summed E-state index contributed by atoms with van der Waals surface area (Å²) >= 11 is 0. The van der Waals surface area contributed by atoms with Gasteiger partial charge in [-0.3, -0.25) is 0 Å². The number of benzene rings is 1. The quantitative estimate of drug-likeness (QED) is 0.877. The third-order valence-electron chi connectivity index (χ3n) is 4.29. The molecular weight excluding hydrogens is 232 g/mol. The summed E-state index contributed by atoms with van der Waals surface area (Å²) in [7, 11) is 0. The van der Waals surface area contributed by atoms with E-state index < -0.39 is 0 Å². The molecule has 2 nitrogen and oxygen atoms in total. The first-order valence-electron chi connectivity index (χ1n) is 6.77. The van der Waals surface area contributed by atoms with Crippen LogP contribution in [-0.2, 0) is 19.5 Å². The van der Waals surface area contributed by atoms with Crippen LogP contribution in [0.1, 0.15) is 23.6 Å². The van der Waals surface area contributed by atoms with E-state index in [1.54, 1.807) is 0 Å². The minimum absolute atomic E-state index is 0.610. The van der Waals surface area contributed by atoms with E-state index in [1.807, 2.05) is 0 Å². The zero-order chi connectivity index (χ0) is 13.6. The Morgan fingerprint density at radius 1 is 1.21 bits per heavy atom. The largest absolute Gasteiger partial charge is 0.366 e. The van der Waals surface area contributed by atoms with Gasteiger partial charge >= 0.3 is 0 Å². The second-order valence-corrected chi connectivity index (χ2v) is 5.41. The van der Waals surface area contributed by atoms with Gasteiger partial charge in [-0.15, -0.1) is 0 Å². The lowest BCUT2D eigenvalue weighted by atomic mass is 9.83. The number of nitrogens with zero attached hydrogens (tertiary/aromatic N) is 1. The summed E-state index contributed by atoms with van der Waals surface area (Å²) in [6.07, 6.45) is 1.09. The third-order valence-corrected chi connectivity index (χ3v) is 4.29. The topological polar surface area (TPSA) is 29.3 Å². The van der Waals surface area contributed by atoms with E-state index in [1.165, 1.54) is 28.0 Å². The normalized spacial score (nSPS) is 18.5. The van der Waals surface area contributed by atoms with E-state index in [0.717, 1.165) is 30.7 Å². The van der Waals surface area contributed by atoms with Crippen LogP contribution in [-0.4, -0.2) is 11.4 Å². The first kappa shape index (κ1) is 12.2. The van der Waals surface area contributed by atoms with Crippen LogP contribution >= 0.6 is 0 Å². The summed E-state index contributed by atoms with van der Waals surface area (Å²) in [6.45, 7) is 12.9. The predicted octanol–water partition coefficient (Wildman–Crippen LogP) is 2.90. The molecule has 98 valence electrons. The monoisotopic (exact) mass is 252 g/mol. The molecule has 1 aliphatic carbocycles. The van der Waals surface area contributed by atoms with Crippen molar-refractivity contribution in [2.24, 2.45) is 5.73 Å². The summed E-state index contributed by atoms with van der Waals surface area (Å²) < 4.78 is 0. The van der Waals surface area contributed by atoms with Crippen LogP contribution in [0.15, 0.2) is 53.8 Å². The van der Waals surface area contributed by atoms with Crippen LogP contribution < -0.4 is 5.73 Å². The average molecular weight is 252 g/mol. The highest BCUT2D eigenvalue weighted by Crippen LogP contribution is 2.40. The van der Waals surface area contributed by atoms with Crippen LogP contribution in [0.5, 0.6) is 0 Å². The van der Waals surface area contributed by atoms with E-state index in [2.05, 4.69) is 43.2 Å². The van der Waals surface area contributed by atoms with Gasteiger partial charge in [0.05, 0.1) is 0 Å². The number of hydrogen-bond donors (Lipinski definition) is 1. The zero-order valence-corrected chi connectivity index (χ0v) is 11.5. The summed E-state index contributed by atoms with van der Waals surface area (Å²) in [4.78, 5) is 2.43. The van der Waals surface area contributed by atoms with Gasteiger partial charge < -0.3 is 10.6 Å². The summed E-state index contributed by atoms with van der Waals surface area (Å²) in [5, 5.41) is 0. The Kier molecular flexibility index (Phi) is 2.83. The Labute approximate surface area is 114 Å². The van der Waals surface area contributed by atoms with Gasteiger partial charge in [0.25, 0.3) is 0 Å². The highest BCUT2D eigenvalue weighted by molar-refractivity contribution is 5.66. The van der Waals surface area contributed by atoms with Gasteiger partial charge in [0, 0.05) is 25.3 Å². The van der Waals surface area contributed by atoms with Crippen LogP contribution in [0, 0.1) is 0 Å². The van der Waals surface area contributed by atoms with Gasteiger partial charge in [-0.25, -0.2) is 0 Å². The van der Waals surface area contributed by atoms with Crippen molar-refractivity contribution in [3.05, 3.63) is 70.5 Å². The lowest BCUT2D eigenvalue weighted by Crippen LogP contribution is -2.34. The van der Waals surface area contributed by atoms with Crippen LogP contribution in [0.2, 0.25) is 0 Å². The van der Waals surface area contributed by atoms with Crippen molar-refractivity contribution in [3.63, 3.8) is 0 Å². The fourth-order valence-electron chi connectivity index (χ4n) is 3.03. The Bertz CT molecular complexity index is 608. The van der Waals surface area contributed by atoms with Gasteiger partial charge in [0.15, 0.2) is 0 Å². The molecule has 0 amide bonds. The fourth-order valence-corrected chi connectivity index (χ4v) is 3.03. The van der Waals surface area contributed by atoms with E-state index in [-0.39, 0.29) is 0 Å². The maximum absolute atomic E-state index is 5.73. The van der Waals surface area contributed by atoms with Gasteiger partial charge in [-0.05, 0) is 46.8 Å². The molecule has 1 aromatic rings. The summed E-state index contributed by atoms with van der Waals surface area (Å²) in [6, 6.07) is 6.61. The number of nitrogens with two attached hydrogens (primary N) is 1. The van der Waals surface area contributed by atoms with E-state index >= 15 is 0 Å². The van der Waals surface area contributed by atoms with Gasteiger partial charge in [0.2, 0.25) is 0 Å². The smallest absolute Gasteiger partial charge is 0.0478 e. The Balaban J connectivity index is 1.90. The van der Waals surface area contributed by atoms with Crippen molar-refractivity contribution in [3.8, 4) is 0 Å².